The van der Waals surface area contributed by atoms with Crippen LogP contribution in [0, 0.1) is 0 Å². The Kier molecular flexibility index (Phi) is 3.58. The van der Waals surface area contributed by atoms with Gasteiger partial charge in [0.15, 0.2) is 0 Å². The normalized spacial score (nSPS) is 12.1. The highest BCUT2D eigenvalue weighted by atomic mass is 79.9. The molecular weight excluding hydrogens is 284 g/mol. The maximum atomic E-state index is 11.9. The fraction of sp³-hybridized carbons (Fsp3) is 0.167. The second kappa shape index (κ2) is 5.14. The van der Waals surface area contributed by atoms with Crippen LogP contribution in [-0.2, 0) is 0 Å². The Hall–Kier alpha value is -1.62. The van der Waals surface area contributed by atoms with Gasteiger partial charge in [0.2, 0.25) is 0 Å². The molecule has 0 aliphatic carbocycles. The lowest BCUT2D eigenvalue weighted by atomic mass is 10.2. The van der Waals surface area contributed by atoms with Crippen molar-refractivity contribution in [3.8, 4) is 0 Å². The third kappa shape index (κ3) is 2.94. The summed E-state index contributed by atoms with van der Waals surface area (Å²) in [6, 6.07) is 5.16. The van der Waals surface area contributed by atoms with Gasteiger partial charge in [0.1, 0.15) is 5.76 Å². The Bertz CT molecular complexity index is 511. The largest absolute Gasteiger partial charge is 0.467 e. The molecule has 0 spiro atoms. The van der Waals surface area contributed by atoms with E-state index in [1.54, 1.807) is 24.6 Å². The van der Waals surface area contributed by atoms with E-state index >= 15 is 0 Å². The number of nitrogens with one attached hydrogen (secondary N) is 1. The van der Waals surface area contributed by atoms with Gasteiger partial charge in [-0.1, -0.05) is 0 Å². The van der Waals surface area contributed by atoms with Crippen LogP contribution in [0.1, 0.15) is 29.1 Å². The van der Waals surface area contributed by atoms with E-state index in [1.165, 1.54) is 6.20 Å². The molecule has 88 valence electrons. The number of amides is 1. The average Bonchev–Trinajstić information content (AvgIpc) is 2.82. The quantitative estimate of drug-likeness (QED) is 0.947. The first-order valence-electron chi connectivity index (χ1n) is 5.11. The van der Waals surface area contributed by atoms with E-state index in [4.69, 9.17) is 4.42 Å². The van der Waals surface area contributed by atoms with Gasteiger partial charge in [0.25, 0.3) is 5.91 Å². The Morgan fingerprint density at radius 2 is 2.35 bits per heavy atom. The van der Waals surface area contributed by atoms with Crippen molar-refractivity contribution in [1.82, 2.24) is 10.3 Å². The average molecular weight is 295 g/mol. The van der Waals surface area contributed by atoms with Gasteiger partial charge in [0, 0.05) is 16.9 Å². The number of halogens is 1. The molecule has 2 aromatic heterocycles. The molecular formula is C12H11BrN2O2. The van der Waals surface area contributed by atoms with Crippen molar-refractivity contribution in [2.24, 2.45) is 0 Å². The number of carbonyl (C=O) groups excluding carboxylic acids is 1. The van der Waals surface area contributed by atoms with Crippen LogP contribution in [0.15, 0.2) is 45.7 Å². The molecule has 0 aromatic carbocycles. The van der Waals surface area contributed by atoms with Crippen LogP contribution in [-0.4, -0.2) is 10.9 Å². The van der Waals surface area contributed by atoms with Gasteiger partial charge < -0.3 is 9.73 Å². The molecule has 0 aliphatic rings. The molecule has 1 amide bonds. The molecule has 0 bridgehead atoms. The SMILES string of the molecule is C[C@H](NC(=O)c1cncc(Br)c1)c1ccco1. The highest BCUT2D eigenvalue weighted by molar-refractivity contribution is 9.10. The molecule has 5 heteroatoms. The second-order valence-corrected chi connectivity index (χ2v) is 4.52. The summed E-state index contributed by atoms with van der Waals surface area (Å²) in [4.78, 5) is 15.8. The monoisotopic (exact) mass is 294 g/mol. The minimum Gasteiger partial charge on any atom is -0.467 e. The molecule has 1 N–H and O–H groups in total. The van der Waals surface area contributed by atoms with Crippen molar-refractivity contribution in [3.63, 3.8) is 0 Å². The number of aromatic nitrogens is 1. The molecule has 0 fully saturated rings. The summed E-state index contributed by atoms with van der Waals surface area (Å²) in [5.41, 5.74) is 0.512. The number of hydrogen-bond acceptors (Lipinski definition) is 3. The van der Waals surface area contributed by atoms with Crippen molar-refractivity contribution in [1.29, 1.82) is 0 Å². The van der Waals surface area contributed by atoms with E-state index in [0.717, 1.165) is 10.2 Å². The fourth-order valence-electron chi connectivity index (χ4n) is 1.42. The molecule has 17 heavy (non-hydrogen) atoms. The van der Waals surface area contributed by atoms with Gasteiger partial charge >= 0.3 is 0 Å². The standard InChI is InChI=1S/C12H11BrN2O2/c1-8(11-3-2-4-17-11)15-12(16)9-5-10(13)7-14-6-9/h2-8H,1H3,(H,15,16)/t8-/m0/s1. The van der Waals surface area contributed by atoms with Crippen LogP contribution >= 0.6 is 15.9 Å². The van der Waals surface area contributed by atoms with Crippen LogP contribution in [0.4, 0.5) is 0 Å². The van der Waals surface area contributed by atoms with E-state index < -0.39 is 0 Å². The maximum absolute atomic E-state index is 11.9. The molecule has 0 aliphatic heterocycles. The van der Waals surface area contributed by atoms with Gasteiger partial charge in [-0.3, -0.25) is 9.78 Å². The van der Waals surface area contributed by atoms with E-state index in [-0.39, 0.29) is 11.9 Å². The number of nitrogens with zero attached hydrogens (tertiary/aromatic N) is 1. The van der Waals surface area contributed by atoms with Gasteiger partial charge in [-0.2, -0.15) is 0 Å². The summed E-state index contributed by atoms with van der Waals surface area (Å²) in [6.45, 7) is 1.86. The van der Waals surface area contributed by atoms with Crippen LogP contribution in [0.2, 0.25) is 0 Å². The summed E-state index contributed by atoms with van der Waals surface area (Å²) in [5.74, 6) is 0.545. The Morgan fingerprint density at radius 3 is 3.00 bits per heavy atom. The zero-order valence-electron chi connectivity index (χ0n) is 9.18. The summed E-state index contributed by atoms with van der Waals surface area (Å²) >= 11 is 3.27. The van der Waals surface area contributed by atoms with Gasteiger partial charge in [0.05, 0.1) is 17.9 Å². The zero-order chi connectivity index (χ0) is 12.3. The first-order chi connectivity index (χ1) is 8.16. The lowest BCUT2D eigenvalue weighted by Gasteiger charge is -2.11. The lowest BCUT2D eigenvalue weighted by Crippen LogP contribution is -2.26. The minimum atomic E-state index is -0.178. The smallest absolute Gasteiger partial charge is 0.253 e. The molecule has 0 saturated carbocycles. The van der Waals surface area contributed by atoms with Crippen LogP contribution < -0.4 is 5.32 Å². The summed E-state index contributed by atoms with van der Waals surface area (Å²) in [7, 11) is 0. The molecule has 2 aromatic rings. The van der Waals surface area contributed by atoms with Crippen molar-refractivity contribution in [2.75, 3.05) is 0 Å². The summed E-state index contributed by atoms with van der Waals surface area (Å²) in [5, 5.41) is 2.83. The molecule has 4 nitrogen and oxygen atoms in total. The van der Waals surface area contributed by atoms with Crippen molar-refractivity contribution >= 4 is 21.8 Å². The molecule has 0 saturated heterocycles. The number of hydrogen-bond donors (Lipinski definition) is 1. The maximum Gasteiger partial charge on any atom is 0.253 e. The molecule has 0 unspecified atom stereocenters. The first-order valence-corrected chi connectivity index (χ1v) is 5.91. The Morgan fingerprint density at radius 1 is 1.53 bits per heavy atom. The highest BCUT2D eigenvalue weighted by Gasteiger charge is 2.13. The molecule has 2 heterocycles. The van der Waals surface area contributed by atoms with Gasteiger partial charge in [-0.05, 0) is 41.1 Å². The van der Waals surface area contributed by atoms with E-state index in [2.05, 4.69) is 26.2 Å². The molecule has 2 rings (SSSR count). The summed E-state index contributed by atoms with van der Waals surface area (Å²) in [6.07, 6.45) is 4.74. The van der Waals surface area contributed by atoms with Crippen LogP contribution in [0.5, 0.6) is 0 Å². The first kappa shape index (κ1) is 11.9. The Labute approximate surface area is 107 Å². The second-order valence-electron chi connectivity index (χ2n) is 3.60. The van der Waals surface area contributed by atoms with Gasteiger partial charge in [-0.25, -0.2) is 0 Å². The highest BCUT2D eigenvalue weighted by Crippen LogP contribution is 2.14. The lowest BCUT2D eigenvalue weighted by molar-refractivity contribution is 0.0935. The number of furan rings is 1. The fourth-order valence-corrected chi connectivity index (χ4v) is 1.79. The Balaban J connectivity index is 2.07. The van der Waals surface area contributed by atoms with Crippen molar-refractivity contribution in [2.45, 2.75) is 13.0 Å². The predicted octanol–water partition coefficient (Wildman–Crippen LogP) is 2.93. The van der Waals surface area contributed by atoms with E-state index in [9.17, 15) is 4.79 Å². The van der Waals surface area contributed by atoms with Crippen molar-refractivity contribution in [3.05, 3.63) is 52.7 Å². The molecule has 0 radical (unpaired) electrons. The number of pyridine rings is 1. The van der Waals surface area contributed by atoms with E-state index in [1.807, 2.05) is 13.0 Å². The topological polar surface area (TPSA) is 55.1 Å². The predicted molar refractivity (Wildman–Crippen MR) is 66.5 cm³/mol. The van der Waals surface area contributed by atoms with Crippen LogP contribution in [0.25, 0.3) is 0 Å². The van der Waals surface area contributed by atoms with Crippen LogP contribution in [0.3, 0.4) is 0 Å². The zero-order valence-corrected chi connectivity index (χ0v) is 10.8. The third-order valence-electron chi connectivity index (χ3n) is 2.28. The van der Waals surface area contributed by atoms with Gasteiger partial charge in [-0.15, -0.1) is 0 Å². The van der Waals surface area contributed by atoms with Crippen molar-refractivity contribution < 1.29 is 9.21 Å². The minimum absolute atomic E-state index is 0.170. The third-order valence-corrected chi connectivity index (χ3v) is 2.72. The number of carbonyl (C=O) groups is 1. The number of rotatable bonds is 3. The van der Waals surface area contributed by atoms with E-state index in [0.29, 0.717) is 5.56 Å². The molecule has 1 atom stereocenters. The summed E-state index contributed by atoms with van der Waals surface area (Å²) < 4.78 is 5.99.